The van der Waals surface area contributed by atoms with E-state index in [0.29, 0.717) is 0 Å². The summed E-state index contributed by atoms with van der Waals surface area (Å²) in [4.78, 5) is 13.5. The average molecular weight is 189 g/mol. The van der Waals surface area contributed by atoms with Gasteiger partial charge in [-0.3, -0.25) is 0 Å². The van der Waals surface area contributed by atoms with Crippen LogP contribution in [0.15, 0.2) is 4.99 Å². The van der Waals surface area contributed by atoms with E-state index in [4.69, 9.17) is 11.5 Å². The Morgan fingerprint density at radius 2 is 2.20 bits per heavy atom. The van der Waals surface area contributed by atoms with Crippen molar-refractivity contribution >= 4 is 24.8 Å². The van der Waals surface area contributed by atoms with Crippen LogP contribution in [0.5, 0.6) is 0 Å². The Kier molecular flexibility index (Phi) is 10.4. The van der Waals surface area contributed by atoms with Gasteiger partial charge in [-0.1, -0.05) is 0 Å². The summed E-state index contributed by atoms with van der Waals surface area (Å²) >= 11 is 3.22. The van der Waals surface area contributed by atoms with Crippen molar-refractivity contribution in [1.29, 1.82) is 0 Å². The summed E-state index contributed by atoms with van der Waals surface area (Å²) in [6, 6.07) is 0. The minimum Gasteiger partial charge on any atom is -1.00 e. The van der Waals surface area contributed by atoms with E-state index < -0.39 is 5.97 Å². The SMILES string of the molecule is NC(N)=NCC(=O)OS.[H-].[K+]. The van der Waals surface area contributed by atoms with Gasteiger partial charge in [0.25, 0.3) is 0 Å². The summed E-state index contributed by atoms with van der Waals surface area (Å²) in [6.45, 7) is -0.189. The summed E-state index contributed by atoms with van der Waals surface area (Å²) < 4.78 is 3.94. The monoisotopic (exact) mass is 189 g/mol. The quantitative estimate of drug-likeness (QED) is 0.135. The van der Waals surface area contributed by atoms with Crippen molar-refractivity contribution in [3.05, 3.63) is 0 Å². The molecule has 0 spiro atoms. The molecule has 0 aromatic heterocycles. The van der Waals surface area contributed by atoms with Gasteiger partial charge in [-0.25, -0.2) is 9.79 Å². The first-order valence-corrected chi connectivity index (χ1v) is 2.43. The molecule has 4 N–H and O–H groups in total. The predicted octanol–water partition coefficient (Wildman–Crippen LogP) is -4.24. The third kappa shape index (κ3) is 8.73. The van der Waals surface area contributed by atoms with Crippen LogP contribution in [-0.4, -0.2) is 18.5 Å². The maximum Gasteiger partial charge on any atom is 1.00 e. The molecule has 0 aromatic rings. The number of nitrogens with two attached hydrogens (primary N) is 2. The van der Waals surface area contributed by atoms with E-state index in [9.17, 15) is 4.79 Å². The second-order valence-electron chi connectivity index (χ2n) is 1.20. The molecule has 0 saturated heterocycles. The van der Waals surface area contributed by atoms with E-state index in [-0.39, 0.29) is 65.3 Å². The zero-order valence-corrected chi connectivity index (χ0v) is 9.59. The molecule has 0 aromatic carbocycles. The molecule has 0 unspecified atom stereocenters. The van der Waals surface area contributed by atoms with Crippen molar-refractivity contribution in [3.8, 4) is 0 Å². The number of carbonyl (C=O) groups excluding carboxylic acids is 1. The minimum atomic E-state index is -0.591. The average Bonchev–Trinajstić information content (AvgIpc) is 1.83. The van der Waals surface area contributed by atoms with Crippen LogP contribution in [-0.2, 0) is 8.98 Å². The molecule has 0 bridgehead atoms. The molecular formula is C3H8KN3O2S. The van der Waals surface area contributed by atoms with Crippen LogP contribution < -0.4 is 62.9 Å². The molecule has 0 aliphatic heterocycles. The maximum absolute atomic E-state index is 10.2. The molecule has 0 radical (unpaired) electrons. The molecule has 0 saturated carbocycles. The van der Waals surface area contributed by atoms with E-state index in [1.165, 1.54) is 0 Å². The summed E-state index contributed by atoms with van der Waals surface area (Å²) in [6.07, 6.45) is 0. The van der Waals surface area contributed by atoms with E-state index in [2.05, 4.69) is 22.1 Å². The zero-order valence-electron chi connectivity index (χ0n) is 6.57. The van der Waals surface area contributed by atoms with Gasteiger partial charge in [-0.05, 0) is 0 Å². The largest absolute Gasteiger partial charge is 1.00 e. The van der Waals surface area contributed by atoms with Crippen molar-refractivity contribution in [2.45, 2.75) is 0 Å². The topological polar surface area (TPSA) is 90.7 Å². The number of guanidine groups is 1. The number of hydrogen-bond donors (Lipinski definition) is 3. The van der Waals surface area contributed by atoms with Crippen LogP contribution in [0.3, 0.4) is 0 Å². The summed E-state index contributed by atoms with van der Waals surface area (Å²) in [5, 5.41) is 0. The van der Waals surface area contributed by atoms with Crippen LogP contribution in [0.4, 0.5) is 0 Å². The molecule has 10 heavy (non-hydrogen) atoms. The van der Waals surface area contributed by atoms with Crippen LogP contribution >= 0.6 is 12.9 Å². The number of rotatable bonds is 2. The van der Waals surface area contributed by atoms with Gasteiger partial charge in [0.1, 0.15) is 6.54 Å². The fourth-order valence-corrected chi connectivity index (χ4v) is 0.242. The van der Waals surface area contributed by atoms with E-state index >= 15 is 0 Å². The van der Waals surface area contributed by atoms with Gasteiger partial charge >= 0.3 is 57.4 Å². The number of carbonyl (C=O) groups is 1. The van der Waals surface area contributed by atoms with E-state index in [0.717, 1.165) is 0 Å². The minimum absolute atomic E-state index is 0. The summed E-state index contributed by atoms with van der Waals surface area (Å²) in [7, 11) is 0. The third-order valence-electron chi connectivity index (χ3n) is 0.493. The molecule has 0 rings (SSSR count). The molecule has 0 atom stereocenters. The van der Waals surface area contributed by atoms with Crippen LogP contribution in [0.25, 0.3) is 0 Å². The Hall–Kier alpha value is 0.726. The fourth-order valence-electron chi connectivity index (χ4n) is 0.185. The number of nitrogens with zero attached hydrogens (tertiary/aromatic N) is 1. The van der Waals surface area contributed by atoms with Gasteiger partial charge in [0.05, 0.1) is 0 Å². The van der Waals surface area contributed by atoms with Crippen molar-refractivity contribution in [2.75, 3.05) is 6.54 Å². The van der Waals surface area contributed by atoms with Crippen molar-refractivity contribution in [1.82, 2.24) is 0 Å². The first-order chi connectivity index (χ1) is 4.16. The number of thiol groups is 1. The molecule has 0 heterocycles. The van der Waals surface area contributed by atoms with Gasteiger partial charge in [-0.2, -0.15) is 0 Å². The van der Waals surface area contributed by atoms with Crippen LogP contribution in [0.2, 0.25) is 0 Å². The summed E-state index contributed by atoms with van der Waals surface area (Å²) in [5.74, 6) is -0.736. The Labute approximate surface area is 108 Å². The van der Waals surface area contributed by atoms with Gasteiger partial charge in [0.2, 0.25) is 0 Å². The first-order valence-electron chi connectivity index (χ1n) is 2.06. The molecule has 5 nitrogen and oxygen atoms in total. The Bertz CT molecular complexity index is 141. The zero-order chi connectivity index (χ0) is 7.28. The molecular weight excluding hydrogens is 181 g/mol. The molecule has 7 heteroatoms. The predicted molar refractivity (Wildman–Crippen MR) is 36.9 cm³/mol. The fraction of sp³-hybridized carbons (Fsp3) is 0.333. The van der Waals surface area contributed by atoms with Crippen molar-refractivity contribution in [2.24, 2.45) is 16.5 Å². The third-order valence-corrected chi connectivity index (χ3v) is 0.696. The molecule has 54 valence electrons. The van der Waals surface area contributed by atoms with Gasteiger partial charge in [0, 0.05) is 12.9 Å². The van der Waals surface area contributed by atoms with Crippen molar-refractivity contribution in [3.63, 3.8) is 0 Å². The number of hydrogen-bond acceptors (Lipinski definition) is 4. The first kappa shape index (κ1) is 13.3. The smallest absolute Gasteiger partial charge is 1.00 e. The molecule has 0 aliphatic carbocycles. The second kappa shape index (κ2) is 7.83. The van der Waals surface area contributed by atoms with Crippen LogP contribution in [0, 0.1) is 0 Å². The standard InChI is InChI=1S/C3H7N3O2S.K.H/c4-3(5)6-1-2(7)8-9;;/h9H,1H2,(H4,4,5,6);;/q;+1;-1. The maximum atomic E-state index is 10.2. The molecule has 0 fully saturated rings. The normalized spacial score (nSPS) is 7.30. The van der Waals surface area contributed by atoms with E-state index in [1.807, 2.05) is 0 Å². The van der Waals surface area contributed by atoms with Crippen molar-refractivity contribution < 1.29 is 61.8 Å². The Balaban J connectivity index is -0.000000320. The summed E-state index contributed by atoms with van der Waals surface area (Å²) in [5.41, 5.74) is 9.78. The van der Waals surface area contributed by atoms with Crippen LogP contribution in [0.1, 0.15) is 1.43 Å². The Morgan fingerprint density at radius 1 is 1.70 bits per heavy atom. The molecule has 0 amide bonds. The Morgan fingerprint density at radius 3 is 2.50 bits per heavy atom. The van der Waals surface area contributed by atoms with Gasteiger partial charge < -0.3 is 17.1 Å². The second-order valence-corrected chi connectivity index (χ2v) is 1.39. The van der Waals surface area contributed by atoms with Gasteiger partial charge in [-0.15, -0.1) is 0 Å². The van der Waals surface area contributed by atoms with E-state index in [1.54, 1.807) is 0 Å². The van der Waals surface area contributed by atoms with Gasteiger partial charge in [0.15, 0.2) is 5.96 Å². The molecule has 0 aliphatic rings. The number of aliphatic imine (C=N–C) groups is 1.